The highest BCUT2D eigenvalue weighted by molar-refractivity contribution is 5.91. The number of carbonyl (C=O) groups excluding carboxylic acids is 2. The first kappa shape index (κ1) is 23.8. The molecule has 1 aromatic rings. The van der Waals surface area contributed by atoms with Crippen molar-refractivity contribution >= 4 is 11.8 Å². The summed E-state index contributed by atoms with van der Waals surface area (Å²) in [7, 11) is 0. The molecule has 3 saturated carbocycles. The Morgan fingerprint density at radius 3 is 2.62 bits per heavy atom. The van der Waals surface area contributed by atoms with E-state index >= 15 is 0 Å². The first-order valence-corrected chi connectivity index (χ1v) is 13.8. The van der Waals surface area contributed by atoms with Gasteiger partial charge in [0.25, 0.3) is 0 Å². The molecule has 0 N–H and O–H groups in total. The van der Waals surface area contributed by atoms with Crippen LogP contribution in [0.15, 0.2) is 42.0 Å². The van der Waals surface area contributed by atoms with E-state index in [1.54, 1.807) is 0 Å². The number of esters is 1. The van der Waals surface area contributed by atoms with Crippen LogP contribution in [0.1, 0.15) is 95.3 Å². The van der Waals surface area contributed by atoms with E-state index in [4.69, 9.17) is 4.74 Å². The van der Waals surface area contributed by atoms with Crippen molar-refractivity contribution in [2.75, 3.05) is 6.61 Å². The number of ether oxygens (including phenoxy) is 1. The fourth-order valence-electron chi connectivity index (χ4n) is 8.96. The lowest BCUT2D eigenvalue weighted by Gasteiger charge is -2.58. The van der Waals surface area contributed by atoms with Crippen LogP contribution in [0.4, 0.5) is 0 Å². The van der Waals surface area contributed by atoms with Gasteiger partial charge < -0.3 is 4.74 Å². The summed E-state index contributed by atoms with van der Waals surface area (Å²) in [6.45, 7) is 8.05. The molecule has 0 saturated heterocycles. The largest absolute Gasteiger partial charge is 0.462 e. The van der Waals surface area contributed by atoms with Crippen molar-refractivity contribution in [2.45, 2.75) is 85.0 Å². The molecule has 0 radical (unpaired) electrons. The van der Waals surface area contributed by atoms with Gasteiger partial charge in [-0.2, -0.15) is 0 Å². The van der Waals surface area contributed by atoms with E-state index in [1.807, 2.05) is 36.4 Å². The summed E-state index contributed by atoms with van der Waals surface area (Å²) in [5.41, 5.74) is 2.83. The molecule has 3 nitrogen and oxygen atoms in total. The maximum atomic E-state index is 12.2. The molecule has 0 heterocycles. The third-order valence-corrected chi connectivity index (χ3v) is 10.8. The summed E-state index contributed by atoms with van der Waals surface area (Å²) in [6.07, 6.45) is 13.8. The van der Waals surface area contributed by atoms with Crippen LogP contribution in [0.5, 0.6) is 0 Å². The molecule has 184 valence electrons. The van der Waals surface area contributed by atoms with Crippen LogP contribution in [0, 0.1) is 40.4 Å². The van der Waals surface area contributed by atoms with Gasteiger partial charge in [-0.1, -0.05) is 44.5 Å². The average molecular weight is 465 g/mol. The summed E-state index contributed by atoms with van der Waals surface area (Å²) < 4.78 is 5.54. The van der Waals surface area contributed by atoms with Crippen LogP contribution in [0.25, 0.3) is 0 Å². The van der Waals surface area contributed by atoms with Crippen molar-refractivity contribution in [3.63, 3.8) is 0 Å². The average Bonchev–Trinajstić information content (AvgIpc) is 3.20. The molecule has 0 spiro atoms. The number of rotatable bonds is 6. The van der Waals surface area contributed by atoms with E-state index in [9.17, 15) is 9.59 Å². The maximum Gasteiger partial charge on any atom is 0.338 e. The molecule has 3 fully saturated rings. The predicted molar refractivity (Wildman–Crippen MR) is 135 cm³/mol. The molecule has 5 rings (SSSR count). The van der Waals surface area contributed by atoms with Crippen molar-refractivity contribution in [2.24, 2.45) is 40.4 Å². The van der Waals surface area contributed by atoms with Gasteiger partial charge in [0, 0.05) is 6.42 Å². The summed E-state index contributed by atoms with van der Waals surface area (Å²) in [6, 6.07) is 9.30. The van der Waals surface area contributed by atoms with E-state index in [1.165, 1.54) is 37.7 Å². The number of benzene rings is 1. The maximum absolute atomic E-state index is 12.2. The van der Waals surface area contributed by atoms with Crippen LogP contribution in [0.2, 0.25) is 0 Å². The summed E-state index contributed by atoms with van der Waals surface area (Å²) in [5, 5.41) is 0. The zero-order valence-electron chi connectivity index (χ0n) is 21.4. The Morgan fingerprint density at radius 2 is 1.82 bits per heavy atom. The van der Waals surface area contributed by atoms with Crippen molar-refractivity contribution in [1.82, 2.24) is 0 Å². The molecule has 4 aliphatic rings. The highest BCUT2D eigenvalue weighted by atomic mass is 16.5. The highest BCUT2D eigenvalue weighted by Gasteiger charge is 2.59. The normalized spacial score (nSPS) is 37.7. The van der Waals surface area contributed by atoms with Gasteiger partial charge in [-0.3, -0.25) is 4.79 Å². The van der Waals surface area contributed by atoms with Crippen LogP contribution in [-0.4, -0.2) is 18.4 Å². The van der Waals surface area contributed by atoms with E-state index in [0.29, 0.717) is 29.3 Å². The molecule has 0 aromatic heterocycles. The van der Waals surface area contributed by atoms with Gasteiger partial charge in [0.15, 0.2) is 5.78 Å². The summed E-state index contributed by atoms with van der Waals surface area (Å²) >= 11 is 0. The second-order valence-electron chi connectivity index (χ2n) is 12.3. The third kappa shape index (κ3) is 4.07. The van der Waals surface area contributed by atoms with Gasteiger partial charge in [-0.15, -0.1) is 0 Å². The van der Waals surface area contributed by atoms with Crippen LogP contribution >= 0.6 is 0 Å². The van der Waals surface area contributed by atoms with Gasteiger partial charge in [0.05, 0.1) is 12.2 Å². The molecular formula is C31H42O3. The lowest BCUT2D eigenvalue weighted by atomic mass is 9.47. The Bertz CT molecular complexity index is 949. The molecule has 0 bridgehead atoms. The Morgan fingerprint density at radius 1 is 1.03 bits per heavy atom. The number of ketones is 1. The van der Waals surface area contributed by atoms with Gasteiger partial charge in [-0.05, 0) is 116 Å². The smallest absolute Gasteiger partial charge is 0.338 e. The first-order chi connectivity index (χ1) is 16.3. The molecule has 0 aliphatic heterocycles. The number of hydrogen-bond acceptors (Lipinski definition) is 3. The number of allylic oxidation sites excluding steroid dienone is 1. The lowest BCUT2D eigenvalue weighted by Crippen LogP contribution is -2.51. The Labute approximate surface area is 205 Å². The van der Waals surface area contributed by atoms with Crippen molar-refractivity contribution in [3.8, 4) is 0 Å². The van der Waals surface area contributed by atoms with Crippen molar-refractivity contribution in [1.29, 1.82) is 0 Å². The second kappa shape index (κ2) is 9.28. The van der Waals surface area contributed by atoms with E-state index in [0.717, 1.165) is 55.8 Å². The van der Waals surface area contributed by atoms with Crippen LogP contribution in [-0.2, 0) is 9.53 Å². The topological polar surface area (TPSA) is 43.4 Å². The van der Waals surface area contributed by atoms with Crippen molar-refractivity contribution in [3.05, 3.63) is 47.5 Å². The van der Waals surface area contributed by atoms with E-state index in [-0.39, 0.29) is 11.4 Å². The fraction of sp³-hybridized carbons (Fsp3) is 0.677. The molecule has 3 heteroatoms. The molecular weight excluding hydrogens is 422 g/mol. The molecule has 1 aromatic carbocycles. The zero-order chi connectivity index (χ0) is 23.9. The van der Waals surface area contributed by atoms with Gasteiger partial charge in [0.2, 0.25) is 0 Å². The fourth-order valence-corrected chi connectivity index (χ4v) is 8.96. The third-order valence-electron chi connectivity index (χ3n) is 10.8. The molecule has 4 aliphatic carbocycles. The molecule has 34 heavy (non-hydrogen) atoms. The SMILES string of the molecule is C[C@H](CCCOC(=O)c1ccccc1)[C@H]1CC[C@H]2[C@@H]3CCC4=[13CH][13C](=O)CC[C@]4(C)[C@H]3CC[C@]12C. The van der Waals surface area contributed by atoms with Crippen LogP contribution in [0.3, 0.4) is 0 Å². The summed E-state index contributed by atoms with van der Waals surface area (Å²) in [4.78, 5) is 24.3. The minimum absolute atomic E-state index is 0.205. The Balaban J connectivity index is 1.18. The van der Waals surface area contributed by atoms with E-state index < -0.39 is 0 Å². The number of carbonyl (C=O) groups is 2. The minimum Gasteiger partial charge on any atom is -0.462 e. The Kier molecular flexibility index (Phi) is 6.50. The highest BCUT2D eigenvalue weighted by Crippen LogP contribution is 2.67. The standard InChI is InChI=1S/C31H42O3/c1-21(8-7-19-34-29(33)22-9-5-4-6-10-22)26-13-14-27-25-12-11-23-20-24(32)15-17-30(23,2)28(25)16-18-31(26,27)3/h4-6,9-10,20-21,25-28H,7-8,11-19H2,1-3H3/t21-,25+,26-,27+,28+,30+,31-/m1/s1/i20+1,24+1. The van der Waals surface area contributed by atoms with Crippen molar-refractivity contribution < 1.29 is 14.3 Å². The molecule has 7 atom stereocenters. The Hall–Kier alpha value is -1.90. The van der Waals surface area contributed by atoms with E-state index in [2.05, 4.69) is 20.8 Å². The molecule has 0 amide bonds. The van der Waals surface area contributed by atoms with Gasteiger partial charge in [0.1, 0.15) is 0 Å². The monoisotopic (exact) mass is 464 g/mol. The van der Waals surface area contributed by atoms with Gasteiger partial charge >= 0.3 is 5.97 Å². The quantitative estimate of drug-likeness (QED) is 0.250. The minimum atomic E-state index is -0.205. The first-order valence-electron chi connectivity index (χ1n) is 13.8. The lowest BCUT2D eigenvalue weighted by molar-refractivity contribution is -0.117. The van der Waals surface area contributed by atoms with Gasteiger partial charge in [-0.25, -0.2) is 4.79 Å². The zero-order valence-corrected chi connectivity index (χ0v) is 21.4. The number of fused-ring (bicyclic) bond motifs is 5. The predicted octanol–water partition coefficient (Wildman–Crippen LogP) is 7.41. The second-order valence-corrected chi connectivity index (χ2v) is 12.3. The van der Waals surface area contributed by atoms with Crippen LogP contribution < -0.4 is 0 Å². The molecule has 0 unspecified atom stereocenters. The summed E-state index contributed by atoms with van der Waals surface area (Å²) in [5.74, 6) is 4.04. The number of hydrogen-bond donors (Lipinski definition) is 0.